The highest BCUT2D eigenvalue weighted by atomic mass is 16.5. The lowest BCUT2D eigenvalue weighted by Gasteiger charge is -2.05. The van der Waals surface area contributed by atoms with Crippen molar-refractivity contribution in [2.45, 2.75) is 39.0 Å². The quantitative estimate of drug-likeness (QED) is 0.688. The van der Waals surface area contributed by atoms with Crippen molar-refractivity contribution in [3.8, 4) is 17.0 Å². The summed E-state index contributed by atoms with van der Waals surface area (Å²) < 4.78 is 5.48. The zero-order valence-electron chi connectivity index (χ0n) is 13.3. The Kier molecular flexibility index (Phi) is 6.91. The van der Waals surface area contributed by atoms with Gasteiger partial charge < -0.3 is 9.84 Å². The number of pyridine rings is 1. The van der Waals surface area contributed by atoms with Gasteiger partial charge in [0, 0.05) is 18.8 Å². The predicted molar refractivity (Wildman–Crippen MR) is 90.0 cm³/mol. The molecule has 0 atom stereocenters. The Balaban J connectivity index is 1.74. The van der Waals surface area contributed by atoms with Crippen molar-refractivity contribution in [2.24, 2.45) is 0 Å². The van der Waals surface area contributed by atoms with Crippen LogP contribution in [0, 0.1) is 0 Å². The van der Waals surface area contributed by atoms with Crippen molar-refractivity contribution >= 4 is 0 Å². The molecule has 3 heteroatoms. The van der Waals surface area contributed by atoms with Crippen LogP contribution in [0.3, 0.4) is 0 Å². The van der Waals surface area contributed by atoms with E-state index in [0.29, 0.717) is 0 Å². The summed E-state index contributed by atoms with van der Waals surface area (Å²) in [4.78, 5) is 4.23. The second kappa shape index (κ2) is 9.21. The minimum atomic E-state index is 0.197. The summed E-state index contributed by atoms with van der Waals surface area (Å²) in [5.74, 6) is 0.197. The molecule has 22 heavy (non-hydrogen) atoms. The number of ether oxygens (including phenoxy) is 1. The molecule has 0 aliphatic rings. The molecule has 0 saturated carbocycles. The number of aromatic hydroxyl groups is 1. The minimum Gasteiger partial charge on any atom is -0.506 e. The number of aryl methyl sites for hydroxylation is 1. The van der Waals surface area contributed by atoms with Crippen LogP contribution >= 0.6 is 0 Å². The number of unbranched alkanes of at least 4 members (excludes halogenated alkanes) is 2. The standard InChI is InChI=1S/C19H25NO2/c1-2-13-22-14-5-3-4-6-16-7-9-17(10-8-16)19-12-11-18(21)15-20-19/h7-12,15,21H,2-6,13-14H2,1H3. The van der Waals surface area contributed by atoms with Crippen molar-refractivity contribution in [2.75, 3.05) is 13.2 Å². The van der Waals surface area contributed by atoms with Crippen LogP contribution < -0.4 is 0 Å². The zero-order valence-corrected chi connectivity index (χ0v) is 13.3. The van der Waals surface area contributed by atoms with Crippen molar-refractivity contribution in [3.05, 3.63) is 48.2 Å². The van der Waals surface area contributed by atoms with Gasteiger partial charge in [-0.25, -0.2) is 0 Å². The number of aromatic nitrogens is 1. The average molecular weight is 299 g/mol. The third-order valence-corrected chi connectivity index (χ3v) is 3.60. The summed E-state index contributed by atoms with van der Waals surface area (Å²) in [6, 6.07) is 12.0. The van der Waals surface area contributed by atoms with E-state index in [2.05, 4.69) is 36.2 Å². The van der Waals surface area contributed by atoms with Crippen LogP contribution in [0.25, 0.3) is 11.3 Å². The smallest absolute Gasteiger partial charge is 0.133 e. The van der Waals surface area contributed by atoms with Gasteiger partial charge in [0.1, 0.15) is 5.75 Å². The topological polar surface area (TPSA) is 42.4 Å². The fourth-order valence-electron chi connectivity index (χ4n) is 2.36. The van der Waals surface area contributed by atoms with Crippen LogP contribution in [0.15, 0.2) is 42.6 Å². The summed E-state index contributed by atoms with van der Waals surface area (Å²) in [6.45, 7) is 3.91. The molecule has 1 aromatic carbocycles. The molecule has 118 valence electrons. The van der Waals surface area contributed by atoms with Crippen LogP contribution in [0.4, 0.5) is 0 Å². The highest BCUT2D eigenvalue weighted by Crippen LogP contribution is 2.20. The zero-order chi connectivity index (χ0) is 15.6. The lowest BCUT2D eigenvalue weighted by molar-refractivity contribution is 0.130. The first-order valence-corrected chi connectivity index (χ1v) is 8.11. The Morgan fingerprint density at radius 3 is 2.45 bits per heavy atom. The Morgan fingerprint density at radius 2 is 1.77 bits per heavy atom. The molecule has 0 radical (unpaired) electrons. The van der Waals surface area contributed by atoms with E-state index in [1.165, 1.54) is 24.6 Å². The van der Waals surface area contributed by atoms with Gasteiger partial charge in [0.2, 0.25) is 0 Å². The molecule has 2 rings (SSSR count). The summed E-state index contributed by atoms with van der Waals surface area (Å²) in [5, 5.41) is 9.26. The van der Waals surface area contributed by atoms with E-state index in [1.54, 1.807) is 6.07 Å². The van der Waals surface area contributed by atoms with E-state index in [4.69, 9.17) is 4.74 Å². The minimum absolute atomic E-state index is 0.197. The van der Waals surface area contributed by atoms with Gasteiger partial charge in [0.05, 0.1) is 11.9 Å². The van der Waals surface area contributed by atoms with Gasteiger partial charge in [-0.3, -0.25) is 4.98 Å². The first-order valence-electron chi connectivity index (χ1n) is 8.11. The molecule has 0 aliphatic heterocycles. The van der Waals surface area contributed by atoms with Gasteiger partial charge in [-0.15, -0.1) is 0 Å². The number of nitrogens with zero attached hydrogens (tertiary/aromatic N) is 1. The van der Waals surface area contributed by atoms with Crippen LogP contribution in [-0.2, 0) is 11.2 Å². The van der Waals surface area contributed by atoms with Crippen molar-refractivity contribution in [1.82, 2.24) is 4.98 Å². The molecule has 1 N–H and O–H groups in total. The molecule has 1 heterocycles. The highest BCUT2D eigenvalue weighted by Gasteiger charge is 2.00. The maximum Gasteiger partial charge on any atom is 0.133 e. The second-order valence-electron chi connectivity index (χ2n) is 5.52. The van der Waals surface area contributed by atoms with Crippen molar-refractivity contribution in [1.29, 1.82) is 0 Å². The van der Waals surface area contributed by atoms with Gasteiger partial charge >= 0.3 is 0 Å². The lowest BCUT2D eigenvalue weighted by atomic mass is 10.0. The van der Waals surface area contributed by atoms with Crippen LogP contribution in [0.2, 0.25) is 0 Å². The van der Waals surface area contributed by atoms with E-state index in [9.17, 15) is 5.11 Å². The van der Waals surface area contributed by atoms with Crippen LogP contribution in [-0.4, -0.2) is 23.3 Å². The maximum atomic E-state index is 9.26. The number of benzene rings is 1. The number of rotatable bonds is 9. The number of hydrogen-bond acceptors (Lipinski definition) is 3. The van der Waals surface area contributed by atoms with Crippen molar-refractivity contribution < 1.29 is 9.84 Å². The monoisotopic (exact) mass is 299 g/mol. The predicted octanol–water partition coefficient (Wildman–Crippen LogP) is 4.59. The molecule has 3 nitrogen and oxygen atoms in total. The molecule has 0 unspecified atom stereocenters. The van der Waals surface area contributed by atoms with Gasteiger partial charge in [0.15, 0.2) is 0 Å². The van der Waals surface area contributed by atoms with Gasteiger partial charge in [-0.1, -0.05) is 37.6 Å². The molecule has 0 bridgehead atoms. The molecule has 0 aliphatic carbocycles. The van der Waals surface area contributed by atoms with E-state index in [0.717, 1.165) is 43.7 Å². The fourth-order valence-corrected chi connectivity index (χ4v) is 2.36. The number of hydrogen-bond donors (Lipinski definition) is 1. The largest absolute Gasteiger partial charge is 0.506 e. The summed E-state index contributed by atoms with van der Waals surface area (Å²) in [6.07, 6.45) is 7.25. The Morgan fingerprint density at radius 1 is 0.955 bits per heavy atom. The SMILES string of the molecule is CCCOCCCCCc1ccc(-c2ccc(O)cn2)cc1. The second-order valence-corrected chi connectivity index (χ2v) is 5.52. The van der Waals surface area contributed by atoms with E-state index < -0.39 is 0 Å². The summed E-state index contributed by atoms with van der Waals surface area (Å²) >= 11 is 0. The van der Waals surface area contributed by atoms with Gasteiger partial charge in [-0.05, 0) is 43.4 Å². The van der Waals surface area contributed by atoms with Crippen LogP contribution in [0.5, 0.6) is 5.75 Å². The first kappa shape index (κ1) is 16.5. The molecular weight excluding hydrogens is 274 g/mol. The Hall–Kier alpha value is -1.87. The molecule has 0 saturated heterocycles. The third kappa shape index (κ3) is 5.49. The summed E-state index contributed by atoms with van der Waals surface area (Å²) in [7, 11) is 0. The van der Waals surface area contributed by atoms with Gasteiger partial charge in [0.25, 0.3) is 0 Å². The average Bonchev–Trinajstić information content (AvgIpc) is 2.55. The molecule has 0 fully saturated rings. The molecule has 1 aromatic heterocycles. The van der Waals surface area contributed by atoms with E-state index >= 15 is 0 Å². The molecule has 0 spiro atoms. The molecular formula is C19H25NO2. The fraction of sp³-hybridized carbons (Fsp3) is 0.421. The Bertz CT molecular complexity index is 534. The summed E-state index contributed by atoms with van der Waals surface area (Å²) in [5.41, 5.74) is 3.33. The lowest BCUT2D eigenvalue weighted by Crippen LogP contribution is -1.96. The molecule has 2 aromatic rings. The third-order valence-electron chi connectivity index (χ3n) is 3.60. The normalized spacial score (nSPS) is 10.8. The maximum absolute atomic E-state index is 9.26. The van der Waals surface area contributed by atoms with Crippen LogP contribution in [0.1, 0.15) is 38.2 Å². The molecule has 0 amide bonds. The first-order chi connectivity index (χ1) is 10.8. The van der Waals surface area contributed by atoms with Gasteiger partial charge in [-0.2, -0.15) is 0 Å². The highest BCUT2D eigenvalue weighted by molar-refractivity contribution is 5.59. The van der Waals surface area contributed by atoms with E-state index in [1.807, 2.05) is 6.07 Å². The van der Waals surface area contributed by atoms with E-state index in [-0.39, 0.29) is 5.75 Å². The van der Waals surface area contributed by atoms with Crippen molar-refractivity contribution in [3.63, 3.8) is 0 Å². The Labute approximate surface area is 133 Å².